The molecule has 0 saturated carbocycles. The quantitative estimate of drug-likeness (QED) is 0.490. The van der Waals surface area contributed by atoms with Crippen LogP contribution in [0.15, 0.2) is 50.9 Å². The second kappa shape index (κ2) is 9.48. The Morgan fingerprint density at radius 3 is 2.64 bits per heavy atom. The van der Waals surface area contributed by atoms with Gasteiger partial charge in [-0.25, -0.2) is 27.7 Å². The maximum absolute atomic E-state index is 13.0. The second-order valence-corrected chi connectivity index (χ2v) is 8.80. The van der Waals surface area contributed by atoms with E-state index in [-0.39, 0.29) is 41.1 Å². The van der Waals surface area contributed by atoms with E-state index in [1.54, 1.807) is 6.07 Å². The van der Waals surface area contributed by atoms with Gasteiger partial charge in [-0.3, -0.25) is 9.32 Å². The molecule has 1 saturated heterocycles. The number of anilines is 1. The number of methoxy groups -OCH3 is 1. The Labute approximate surface area is 188 Å². The number of hydrogen-bond acceptors (Lipinski definition) is 10. The van der Waals surface area contributed by atoms with Crippen LogP contribution in [0.2, 0.25) is 0 Å². The van der Waals surface area contributed by atoms with Crippen LogP contribution < -0.4 is 15.8 Å². The molecule has 0 unspecified atom stereocenters. The molecule has 13 nitrogen and oxygen atoms in total. The molecule has 0 radical (unpaired) electrons. The molecule has 14 heteroatoms. The van der Waals surface area contributed by atoms with Crippen LogP contribution in [0.3, 0.4) is 0 Å². The minimum atomic E-state index is -3.79. The summed E-state index contributed by atoms with van der Waals surface area (Å²) in [4.78, 5) is 32.8. The van der Waals surface area contributed by atoms with Gasteiger partial charge in [-0.2, -0.15) is 4.31 Å². The summed E-state index contributed by atoms with van der Waals surface area (Å²) in [5.41, 5.74) is 0.124. The summed E-state index contributed by atoms with van der Waals surface area (Å²) in [7, 11) is -2.41. The van der Waals surface area contributed by atoms with E-state index >= 15 is 0 Å². The van der Waals surface area contributed by atoms with Gasteiger partial charge in [-0.15, -0.1) is 0 Å². The number of ether oxygens (including phenoxy) is 2. The summed E-state index contributed by atoms with van der Waals surface area (Å²) in [5.74, 6) is -1.19. The van der Waals surface area contributed by atoms with E-state index in [1.165, 1.54) is 42.0 Å². The van der Waals surface area contributed by atoms with E-state index in [0.717, 1.165) is 4.57 Å². The molecule has 1 aliphatic heterocycles. The lowest BCUT2D eigenvalue weighted by molar-refractivity contribution is -0.116. The average molecular weight is 476 g/mol. The number of morpholine rings is 1. The van der Waals surface area contributed by atoms with Crippen molar-refractivity contribution in [2.45, 2.75) is 11.4 Å². The molecule has 1 fully saturated rings. The topological polar surface area (TPSA) is 159 Å². The number of carbonyl (C=O) groups is 1. The van der Waals surface area contributed by atoms with Crippen LogP contribution in [0.4, 0.5) is 5.69 Å². The van der Waals surface area contributed by atoms with Crippen LogP contribution in [-0.2, 0) is 26.1 Å². The Hall–Kier alpha value is -3.62. The summed E-state index contributed by atoms with van der Waals surface area (Å²) in [6, 6.07) is 5.73. The average Bonchev–Trinajstić information content (AvgIpc) is 3.20. The first kappa shape index (κ1) is 22.6. The number of benzene rings is 1. The van der Waals surface area contributed by atoms with E-state index in [0.29, 0.717) is 13.2 Å². The number of aromatic nitrogens is 4. The third-order valence-corrected chi connectivity index (χ3v) is 6.70. The molecule has 1 aliphatic rings. The van der Waals surface area contributed by atoms with Crippen LogP contribution in [0.5, 0.6) is 5.75 Å². The first-order chi connectivity index (χ1) is 15.9. The first-order valence-corrected chi connectivity index (χ1v) is 11.2. The minimum Gasteiger partial charge on any atom is -0.495 e. The molecule has 0 bridgehead atoms. The lowest BCUT2D eigenvalue weighted by Gasteiger charge is -2.26. The van der Waals surface area contributed by atoms with Gasteiger partial charge in [0.15, 0.2) is 5.82 Å². The Bertz CT molecular complexity index is 1300. The molecule has 0 aliphatic carbocycles. The molecule has 2 aromatic heterocycles. The zero-order chi connectivity index (χ0) is 23.4. The van der Waals surface area contributed by atoms with Crippen molar-refractivity contribution in [3.8, 4) is 17.4 Å². The largest absolute Gasteiger partial charge is 0.495 e. The van der Waals surface area contributed by atoms with Gasteiger partial charge in [0.25, 0.3) is 0 Å². The Balaban J connectivity index is 1.58. The highest BCUT2D eigenvalue weighted by Gasteiger charge is 2.27. The van der Waals surface area contributed by atoms with E-state index < -0.39 is 28.2 Å². The van der Waals surface area contributed by atoms with Crippen LogP contribution in [0, 0.1) is 0 Å². The highest BCUT2D eigenvalue weighted by Crippen LogP contribution is 2.29. The molecular weight excluding hydrogens is 456 g/mol. The van der Waals surface area contributed by atoms with Crippen molar-refractivity contribution in [3.05, 3.63) is 47.2 Å². The monoisotopic (exact) mass is 476 g/mol. The van der Waals surface area contributed by atoms with Gasteiger partial charge in [0.1, 0.15) is 12.3 Å². The van der Waals surface area contributed by atoms with Crippen molar-refractivity contribution in [1.29, 1.82) is 0 Å². The fourth-order valence-corrected chi connectivity index (χ4v) is 4.63. The molecule has 3 heterocycles. The van der Waals surface area contributed by atoms with Crippen molar-refractivity contribution in [2.75, 3.05) is 38.7 Å². The van der Waals surface area contributed by atoms with Crippen LogP contribution in [0.25, 0.3) is 11.6 Å². The molecular formula is C19H20N6O7S. The molecule has 1 N–H and O–H groups in total. The zero-order valence-electron chi connectivity index (χ0n) is 17.5. The summed E-state index contributed by atoms with van der Waals surface area (Å²) < 4.78 is 43.3. The molecule has 174 valence electrons. The number of nitrogens with zero attached hydrogens (tertiary/aromatic N) is 5. The number of rotatable bonds is 7. The number of hydrogen-bond donors (Lipinski definition) is 1. The van der Waals surface area contributed by atoms with Gasteiger partial charge in [0, 0.05) is 25.5 Å². The predicted molar refractivity (Wildman–Crippen MR) is 113 cm³/mol. The van der Waals surface area contributed by atoms with Crippen molar-refractivity contribution >= 4 is 21.6 Å². The molecule has 1 amide bonds. The zero-order valence-corrected chi connectivity index (χ0v) is 18.3. The van der Waals surface area contributed by atoms with Crippen LogP contribution in [0.1, 0.15) is 0 Å². The third-order valence-electron chi connectivity index (χ3n) is 4.81. The smallest absolute Gasteiger partial charge is 0.442 e. The minimum absolute atomic E-state index is 0.0129. The van der Waals surface area contributed by atoms with Gasteiger partial charge in [-0.1, -0.05) is 5.16 Å². The molecule has 1 aromatic carbocycles. The summed E-state index contributed by atoms with van der Waals surface area (Å²) >= 11 is 0. The Morgan fingerprint density at radius 1 is 1.21 bits per heavy atom. The van der Waals surface area contributed by atoms with E-state index in [9.17, 15) is 18.0 Å². The van der Waals surface area contributed by atoms with Gasteiger partial charge in [0.2, 0.25) is 21.8 Å². The third kappa shape index (κ3) is 4.76. The summed E-state index contributed by atoms with van der Waals surface area (Å²) in [5, 5.41) is 6.21. The number of sulfonamides is 1. The van der Waals surface area contributed by atoms with Crippen molar-refractivity contribution in [2.24, 2.45) is 0 Å². The van der Waals surface area contributed by atoms with E-state index in [4.69, 9.17) is 9.47 Å². The molecule has 3 aromatic rings. The summed E-state index contributed by atoms with van der Waals surface area (Å²) in [6.45, 7) is 0.604. The SMILES string of the molecule is COc1ccc(S(=O)(=O)N2CCOCC2)cc1NC(=O)Cn1c(-c2ncccn2)noc1=O. The fourth-order valence-electron chi connectivity index (χ4n) is 3.20. The standard InChI is InChI=1S/C19H20N6O7S/c1-30-15-4-3-13(33(28,29)24-7-9-31-10-8-24)11-14(15)22-16(26)12-25-18(23-32-19(25)27)17-20-5-2-6-21-17/h2-6,11H,7-10,12H2,1H3,(H,22,26). The highest BCUT2D eigenvalue weighted by molar-refractivity contribution is 7.89. The van der Waals surface area contributed by atoms with Gasteiger partial charge < -0.3 is 14.8 Å². The van der Waals surface area contributed by atoms with Crippen LogP contribution in [-0.4, -0.2) is 71.7 Å². The lowest BCUT2D eigenvalue weighted by atomic mass is 10.3. The van der Waals surface area contributed by atoms with Gasteiger partial charge >= 0.3 is 5.76 Å². The maximum Gasteiger partial charge on any atom is 0.442 e. The van der Waals surface area contributed by atoms with E-state index in [2.05, 4.69) is 25.0 Å². The summed E-state index contributed by atoms with van der Waals surface area (Å²) in [6.07, 6.45) is 2.91. The Kier molecular flexibility index (Phi) is 6.48. The van der Waals surface area contributed by atoms with Crippen LogP contribution >= 0.6 is 0 Å². The molecule has 4 rings (SSSR count). The second-order valence-electron chi connectivity index (χ2n) is 6.86. The first-order valence-electron chi connectivity index (χ1n) is 9.80. The maximum atomic E-state index is 13.0. The number of carbonyl (C=O) groups excluding carboxylic acids is 1. The fraction of sp³-hybridized carbons (Fsp3) is 0.316. The van der Waals surface area contributed by atoms with Crippen molar-refractivity contribution in [3.63, 3.8) is 0 Å². The predicted octanol–water partition coefficient (Wildman–Crippen LogP) is -0.0385. The Morgan fingerprint density at radius 2 is 1.94 bits per heavy atom. The number of nitrogens with one attached hydrogen (secondary N) is 1. The number of amides is 1. The molecule has 33 heavy (non-hydrogen) atoms. The van der Waals surface area contributed by atoms with Gasteiger partial charge in [0.05, 0.1) is 30.9 Å². The van der Waals surface area contributed by atoms with Crippen molar-refractivity contribution < 1.29 is 27.2 Å². The normalized spacial score (nSPS) is 14.7. The molecule has 0 spiro atoms. The van der Waals surface area contributed by atoms with Gasteiger partial charge in [-0.05, 0) is 24.3 Å². The lowest BCUT2D eigenvalue weighted by Crippen LogP contribution is -2.40. The van der Waals surface area contributed by atoms with E-state index in [1.807, 2.05) is 0 Å². The highest BCUT2D eigenvalue weighted by atomic mass is 32.2. The van der Waals surface area contributed by atoms with Crippen molar-refractivity contribution in [1.82, 2.24) is 24.0 Å². The molecule has 0 atom stereocenters.